The van der Waals surface area contributed by atoms with E-state index in [1.54, 1.807) is 25.3 Å². The highest BCUT2D eigenvalue weighted by Crippen LogP contribution is 2.24. The number of amides is 1. The van der Waals surface area contributed by atoms with Crippen molar-refractivity contribution < 1.29 is 9.53 Å². The molecule has 146 valence electrons. The second kappa shape index (κ2) is 8.80. The molecule has 0 unspecified atom stereocenters. The Bertz CT molecular complexity index is 1100. The third-order valence-electron chi connectivity index (χ3n) is 4.57. The van der Waals surface area contributed by atoms with E-state index in [0.717, 1.165) is 32.9 Å². The number of nitrogens with one attached hydrogen (secondary N) is 1. The number of aryl methyl sites for hydroxylation is 1. The summed E-state index contributed by atoms with van der Waals surface area (Å²) >= 11 is 3.36. The van der Waals surface area contributed by atoms with Gasteiger partial charge in [0, 0.05) is 27.2 Å². The quantitative estimate of drug-likeness (QED) is 0.418. The molecule has 1 heterocycles. The number of anilines is 1. The summed E-state index contributed by atoms with van der Waals surface area (Å²) in [7, 11) is 1.63. The average molecular weight is 450 g/mol. The number of nitriles is 1. The number of methoxy groups -OCH3 is 1. The maximum absolute atomic E-state index is 12.5. The van der Waals surface area contributed by atoms with Crippen LogP contribution in [0.15, 0.2) is 64.6 Å². The van der Waals surface area contributed by atoms with Crippen LogP contribution in [0.4, 0.5) is 5.69 Å². The third-order valence-corrected chi connectivity index (χ3v) is 5.10. The number of ether oxygens (including phenoxy) is 1. The average Bonchev–Trinajstić information content (AvgIpc) is 3.00. The summed E-state index contributed by atoms with van der Waals surface area (Å²) in [6.45, 7) is 3.95. The number of hydrogen-bond acceptors (Lipinski definition) is 3. The maximum atomic E-state index is 12.5. The highest BCUT2D eigenvalue weighted by molar-refractivity contribution is 9.10. The Balaban J connectivity index is 1.90. The van der Waals surface area contributed by atoms with Crippen molar-refractivity contribution in [1.29, 1.82) is 5.26 Å². The summed E-state index contributed by atoms with van der Waals surface area (Å²) in [5.74, 6) is 0.344. The molecule has 6 heteroatoms. The summed E-state index contributed by atoms with van der Waals surface area (Å²) in [5, 5.41) is 12.3. The fourth-order valence-electron chi connectivity index (χ4n) is 3.10. The van der Waals surface area contributed by atoms with Crippen LogP contribution in [0.2, 0.25) is 0 Å². The van der Waals surface area contributed by atoms with Gasteiger partial charge in [-0.3, -0.25) is 4.79 Å². The molecule has 0 spiro atoms. The van der Waals surface area contributed by atoms with Gasteiger partial charge in [0.2, 0.25) is 0 Å². The van der Waals surface area contributed by atoms with Crippen molar-refractivity contribution in [3.63, 3.8) is 0 Å². The molecule has 2 aromatic carbocycles. The normalized spacial score (nSPS) is 11.1. The summed E-state index contributed by atoms with van der Waals surface area (Å²) < 4.78 is 8.21. The van der Waals surface area contributed by atoms with E-state index < -0.39 is 5.91 Å². The molecule has 29 heavy (non-hydrogen) atoms. The number of rotatable bonds is 5. The van der Waals surface area contributed by atoms with Gasteiger partial charge >= 0.3 is 0 Å². The minimum Gasteiger partial charge on any atom is -0.497 e. The van der Waals surface area contributed by atoms with Gasteiger partial charge in [0.15, 0.2) is 0 Å². The zero-order valence-corrected chi connectivity index (χ0v) is 17.9. The lowest BCUT2D eigenvalue weighted by atomic mass is 10.1. The largest absolute Gasteiger partial charge is 0.497 e. The Labute approximate surface area is 178 Å². The van der Waals surface area contributed by atoms with Crippen LogP contribution in [0.5, 0.6) is 5.75 Å². The van der Waals surface area contributed by atoms with Gasteiger partial charge in [-0.25, -0.2) is 0 Å². The van der Waals surface area contributed by atoms with Crippen LogP contribution in [-0.2, 0) is 4.79 Å². The molecule has 0 atom stereocenters. The molecule has 5 nitrogen and oxygen atoms in total. The number of nitrogens with zero attached hydrogens (tertiary/aromatic N) is 2. The van der Waals surface area contributed by atoms with Crippen molar-refractivity contribution in [1.82, 2.24) is 4.57 Å². The molecule has 0 bridgehead atoms. The van der Waals surface area contributed by atoms with Crippen molar-refractivity contribution in [2.24, 2.45) is 0 Å². The molecule has 0 aliphatic carbocycles. The van der Waals surface area contributed by atoms with Gasteiger partial charge in [-0.2, -0.15) is 5.26 Å². The molecule has 0 aliphatic heterocycles. The van der Waals surface area contributed by atoms with Gasteiger partial charge in [0.05, 0.1) is 7.11 Å². The van der Waals surface area contributed by atoms with E-state index in [4.69, 9.17) is 4.74 Å². The van der Waals surface area contributed by atoms with E-state index >= 15 is 0 Å². The molecule has 3 rings (SSSR count). The Hall–Kier alpha value is -3.30. The molecule has 0 saturated carbocycles. The predicted molar refractivity (Wildman–Crippen MR) is 118 cm³/mol. The minimum absolute atomic E-state index is 0.0444. The first-order valence-corrected chi connectivity index (χ1v) is 9.74. The van der Waals surface area contributed by atoms with Crippen LogP contribution in [-0.4, -0.2) is 17.6 Å². The van der Waals surface area contributed by atoms with Gasteiger partial charge in [-0.1, -0.05) is 15.9 Å². The molecule has 0 aliphatic rings. The zero-order chi connectivity index (χ0) is 21.0. The molecule has 3 aromatic rings. The van der Waals surface area contributed by atoms with Crippen LogP contribution in [0.1, 0.15) is 17.0 Å². The summed E-state index contributed by atoms with van der Waals surface area (Å²) in [6.07, 6.45) is 1.62. The van der Waals surface area contributed by atoms with Crippen molar-refractivity contribution in [3.05, 3.63) is 81.6 Å². The summed E-state index contributed by atoms with van der Waals surface area (Å²) in [4.78, 5) is 12.5. The SMILES string of the molecule is COc1ccc(-n2c(C)cc(/C=C(/C#N)C(=O)Nc3ccc(Br)cc3)c2C)cc1. The minimum atomic E-state index is -0.441. The smallest absolute Gasteiger partial charge is 0.266 e. The number of halogens is 1. The zero-order valence-electron chi connectivity index (χ0n) is 16.4. The van der Waals surface area contributed by atoms with E-state index in [1.807, 2.05) is 62.4 Å². The maximum Gasteiger partial charge on any atom is 0.266 e. The topological polar surface area (TPSA) is 67.0 Å². The van der Waals surface area contributed by atoms with Crippen molar-refractivity contribution in [2.75, 3.05) is 12.4 Å². The van der Waals surface area contributed by atoms with Crippen molar-refractivity contribution >= 4 is 33.6 Å². The van der Waals surface area contributed by atoms with E-state index in [1.165, 1.54) is 0 Å². The first-order chi connectivity index (χ1) is 13.9. The van der Waals surface area contributed by atoms with Crippen LogP contribution >= 0.6 is 15.9 Å². The van der Waals surface area contributed by atoms with Gasteiger partial charge in [0.1, 0.15) is 17.4 Å². The second-order valence-corrected chi connectivity index (χ2v) is 7.41. The highest BCUT2D eigenvalue weighted by Gasteiger charge is 2.14. The number of carbonyl (C=O) groups is 1. The standard InChI is InChI=1S/C23H20BrN3O2/c1-15-12-17(16(2)27(15)21-8-10-22(29-3)11-9-21)13-18(14-25)23(28)26-20-6-4-19(24)5-7-20/h4-13H,1-3H3,(H,26,28)/b18-13-. The molecular formula is C23H20BrN3O2. The van der Waals surface area contributed by atoms with Gasteiger partial charge < -0.3 is 14.6 Å². The lowest BCUT2D eigenvalue weighted by Crippen LogP contribution is -2.13. The first kappa shape index (κ1) is 20.4. The van der Waals surface area contributed by atoms with Crippen molar-refractivity contribution in [2.45, 2.75) is 13.8 Å². The molecule has 1 amide bonds. The molecule has 0 radical (unpaired) electrons. The lowest BCUT2D eigenvalue weighted by Gasteiger charge is -2.10. The fraction of sp³-hybridized carbons (Fsp3) is 0.130. The molecule has 0 saturated heterocycles. The van der Waals surface area contributed by atoms with Crippen molar-refractivity contribution in [3.8, 4) is 17.5 Å². The van der Waals surface area contributed by atoms with Crippen LogP contribution in [0.3, 0.4) is 0 Å². The monoisotopic (exact) mass is 449 g/mol. The van der Waals surface area contributed by atoms with E-state index in [0.29, 0.717) is 5.69 Å². The van der Waals surface area contributed by atoms with Gasteiger partial charge in [-0.15, -0.1) is 0 Å². The third kappa shape index (κ3) is 4.58. The van der Waals surface area contributed by atoms with E-state index in [2.05, 4.69) is 25.8 Å². The Kier molecular flexibility index (Phi) is 6.20. The summed E-state index contributed by atoms with van der Waals surface area (Å²) in [6, 6.07) is 18.9. The number of aromatic nitrogens is 1. The van der Waals surface area contributed by atoms with Gasteiger partial charge in [-0.05, 0) is 80.1 Å². The molecule has 1 N–H and O–H groups in total. The van der Waals surface area contributed by atoms with E-state index in [9.17, 15) is 10.1 Å². The fourth-order valence-corrected chi connectivity index (χ4v) is 3.36. The molecule has 1 aromatic heterocycles. The highest BCUT2D eigenvalue weighted by atomic mass is 79.9. The van der Waals surface area contributed by atoms with Crippen LogP contribution in [0.25, 0.3) is 11.8 Å². The number of carbonyl (C=O) groups excluding carboxylic acids is 1. The predicted octanol–water partition coefficient (Wildman–Crippen LogP) is 5.41. The second-order valence-electron chi connectivity index (χ2n) is 6.49. The lowest BCUT2D eigenvalue weighted by molar-refractivity contribution is -0.112. The molecular weight excluding hydrogens is 430 g/mol. The van der Waals surface area contributed by atoms with Crippen LogP contribution in [0, 0.1) is 25.2 Å². The molecule has 0 fully saturated rings. The van der Waals surface area contributed by atoms with Gasteiger partial charge in [0.25, 0.3) is 5.91 Å². The van der Waals surface area contributed by atoms with E-state index in [-0.39, 0.29) is 5.57 Å². The Morgan fingerprint density at radius 2 is 1.79 bits per heavy atom. The Morgan fingerprint density at radius 3 is 2.38 bits per heavy atom. The number of benzene rings is 2. The number of hydrogen-bond donors (Lipinski definition) is 1. The van der Waals surface area contributed by atoms with Crippen LogP contribution < -0.4 is 10.1 Å². The first-order valence-electron chi connectivity index (χ1n) is 8.95. The summed E-state index contributed by atoms with van der Waals surface area (Å²) in [5.41, 5.74) is 4.42. The Morgan fingerprint density at radius 1 is 1.14 bits per heavy atom.